The van der Waals surface area contributed by atoms with Crippen molar-refractivity contribution < 1.29 is 8.42 Å². The number of piperidine rings is 1. The minimum Gasteiger partial charge on any atom is -0.358 e. The van der Waals surface area contributed by atoms with Crippen LogP contribution >= 0.6 is 0 Å². The van der Waals surface area contributed by atoms with E-state index in [2.05, 4.69) is 36.2 Å². The number of sulfonamides is 1. The summed E-state index contributed by atoms with van der Waals surface area (Å²) >= 11 is 0. The highest BCUT2D eigenvalue weighted by atomic mass is 32.2. The zero-order valence-corrected chi connectivity index (χ0v) is 13.4. The molecule has 1 aliphatic heterocycles. The Hall–Kier alpha value is -1.33. The van der Waals surface area contributed by atoms with Crippen molar-refractivity contribution in [3.8, 4) is 0 Å². The van der Waals surface area contributed by atoms with Gasteiger partial charge in [0.25, 0.3) is 0 Å². The van der Waals surface area contributed by atoms with Gasteiger partial charge in [-0.1, -0.05) is 11.6 Å². The zero-order chi connectivity index (χ0) is 15.0. The molecule has 1 N–H and O–H groups in total. The third-order valence-electron chi connectivity index (χ3n) is 4.45. The lowest BCUT2D eigenvalue weighted by molar-refractivity contribution is 0.317. The summed E-state index contributed by atoms with van der Waals surface area (Å²) in [5, 5.41) is 1.24. The molecule has 5 heteroatoms. The van der Waals surface area contributed by atoms with Crippen LogP contribution in [0.5, 0.6) is 0 Å². The quantitative estimate of drug-likeness (QED) is 0.947. The van der Waals surface area contributed by atoms with E-state index in [0.29, 0.717) is 19.0 Å². The second-order valence-corrected chi connectivity index (χ2v) is 8.15. The first-order chi connectivity index (χ1) is 9.99. The Balaban J connectivity index is 1.76. The Morgan fingerprint density at radius 3 is 2.62 bits per heavy atom. The second kappa shape index (κ2) is 5.46. The molecule has 21 heavy (non-hydrogen) atoms. The Bertz CT molecular complexity index is 741. The summed E-state index contributed by atoms with van der Waals surface area (Å²) < 4.78 is 25.4. The number of aromatic amines is 1. The van der Waals surface area contributed by atoms with Gasteiger partial charge < -0.3 is 4.98 Å². The number of aromatic nitrogens is 1. The maximum Gasteiger partial charge on any atom is 0.213 e. The Kier molecular flexibility index (Phi) is 3.80. The summed E-state index contributed by atoms with van der Waals surface area (Å²) in [5.74, 6) is 0.629. The molecule has 0 aliphatic carbocycles. The molecule has 0 saturated carbocycles. The van der Waals surface area contributed by atoms with Gasteiger partial charge in [0.2, 0.25) is 10.0 Å². The third-order valence-corrected chi connectivity index (χ3v) is 6.33. The van der Waals surface area contributed by atoms with Crippen LogP contribution < -0.4 is 0 Å². The standard InChI is InChI=1S/C16H22N2O2S/c1-3-21(19,20)18-8-6-13(7-9-18)16-11-14-10-12(2)4-5-15(14)17-16/h4-5,10-11,13,17H,3,6-9H2,1-2H3. The van der Waals surface area contributed by atoms with Crippen molar-refractivity contribution in [3.05, 3.63) is 35.5 Å². The van der Waals surface area contributed by atoms with Gasteiger partial charge in [-0.2, -0.15) is 0 Å². The Morgan fingerprint density at radius 2 is 1.95 bits per heavy atom. The first-order valence-electron chi connectivity index (χ1n) is 7.56. The van der Waals surface area contributed by atoms with Gasteiger partial charge >= 0.3 is 0 Å². The maximum absolute atomic E-state index is 11.9. The number of hydrogen-bond acceptors (Lipinski definition) is 2. The Labute approximate surface area is 126 Å². The van der Waals surface area contributed by atoms with Crippen molar-refractivity contribution in [1.29, 1.82) is 0 Å². The van der Waals surface area contributed by atoms with E-state index in [9.17, 15) is 8.42 Å². The maximum atomic E-state index is 11.9. The molecule has 0 atom stereocenters. The SMILES string of the molecule is CCS(=O)(=O)N1CCC(c2cc3cc(C)ccc3[nH]2)CC1. The van der Waals surface area contributed by atoms with Gasteiger partial charge in [-0.15, -0.1) is 0 Å². The molecule has 2 aromatic rings. The molecule has 0 bridgehead atoms. The highest BCUT2D eigenvalue weighted by Crippen LogP contribution is 2.31. The lowest BCUT2D eigenvalue weighted by atomic mass is 9.95. The molecule has 1 aliphatic rings. The van der Waals surface area contributed by atoms with Crippen LogP contribution in [0.4, 0.5) is 0 Å². The number of nitrogens with zero attached hydrogens (tertiary/aromatic N) is 1. The predicted molar refractivity (Wildman–Crippen MR) is 86.0 cm³/mol. The summed E-state index contributed by atoms with van der Waals surface area (Å²) in [5.41, 5.74) is 3.67. The summed E-state index contributed by atoms with van der Waals surface area (Å²) in [7, 11) is -3.03. The number of hydrogen-bond donors (Lipinski definition) is 1. The highest BCUT2D eigenvalue weighted by Gasteiger charge is 2.28. The van der Waals surface area contributed by atoms with E-state index in [-0.39, 0.29) is 5.75 Å². The first-order valence-corrected chi connectivity index (χ1v) is 9.17. The van der Waals surface area contributed by atoms with Crippen molar-refractivity contribution >= 4 is 20.9 Å². The van der Waals surface area contributed by atoms with Crippen LogP contribution in [0.2, 0.25) is 0 Å². The van der Waals surface area contributed by atoms with Crippen LogP contribution in [0, 0.1) is 6.92 Å². The largest absolute Gasteiger partial charge is 0.358 e. The zero-order valence-electron chi connectivity index (χ0n) is 12.6. The van der Waals surface area contributed by atoms with Crippen LogP contribution in [0.15, 0.2) is 24.3 Å². The fourth-order valence-electron chi connectivity index (χ4n) is 3.12. The average Bonchev–Trinajstić information content (AvgIpc) is 2.90. The molecule has 1 aromatic heterocycles. The molecule has 3 rings (SSSR count). The number of aryl methyl sites for hydroxylation is 1. The second-order valence-electron chi connectivity index (χ2n) is 5.89. The van der Waals surface area contributed by atoms with Gasteiger partial charge in [-0.3, -0.25) is 0 Å². The van der Waals surface area contributed by atoms with Crippen molar-refractivity contribution in [1.82, 2.24) is 9.29 Å². The van der Waals surface area contributed by atoms with Gasteiger partial charge in [0.15, 0.2) is 0 Å². The summed E-state index contributed by atoms with van der Waals surface area (Å²) in [6.07, 6.45) is 1.79. The van der Waals surface area contributed by atoms with Crippen molar-refractivity contribution in [2.45, 2.75) is 32.6 Å². The molecule has 1 saturated heterocycles. The first kappa shape index (κ1) is 14.6. The van der Waals surface area contributed by atoms with E-state index in [1.54, 1.807) is 11.2 Å². The fourth-order valence-corrected chi connectivity index (χ4v) is 4.25. The average molecular weight is 306 g/mol. The molecule has 0 unspecified atom stereocenters. The Morgan fingerprint density at radius 1 is 1.24 bits per heavy atom. The van der Waals surface area contributed by atoms with Crippen LogP contribution in [0.25, 0.3) is 10.9 Å². The van der Waals surface area contributed by atoms with Crippen LogP contribution in [-0.2, 0) is 10.0 Å². The van der Waals surface area contributed by atoms with E-state index in [1.807, 2.05) is 0 Å². The molecular formula is C16H22N2O2S. The number of benzene rings is 1. The van der Waals surface area contributed by atoms with E-state index in [4.69, 9.17) is 0 Å². The van der Waals surface area contributed by atoms with Crippen LogP contribution in [0.3, 0.4) is 0 Å². The van der Waals surface area contributed by atoms with Crippen molar-refractivity contribution in [2.75, 3.05) is 18.8 Å². The molecule has 0 amide bonds. The summed E-state index contributed by atoms with van der Waals surface area (Å²) in [6.45, 7) is 5.08. The fraction of sp³-hybridized carbons (Fsp3) is 0.500. The number of fused-ring (bicyclic) bond motifs is 1. The number of nitrogens with one attached hydrogen (secondary N) is 1. The van der Waals surface area contributed by atoms with E-state index < -0.39 is 10.0 Å². The van der Waals surface area contributed by atoms with Gasteiger partial charge in [-0.25, -0.2) is 12.7 Å². The molecule has 0 spiro atoms. The molecule has 1 fully saturated rings. The van der Waals surface area contributed by atoms with Gasteiger partial charge in [0.1, 0.15) is 0 Å². The van der Waals surface area contributed by atoms with Gasteiger partial charge in [0.05, 0.1) is 5.75 Å². The molecular weight excluding hydrogens is 284 g/mol. The van der Waals surface area contributed by atoms with Crippen LogP contribution in [0.1, 0.15) is 36.9 Å². The topological polar surface area (TPSA) is 53.2 Å². The molecule has 4 nitrogen and oxygen atoms in total. The molecule has 2 heterocycles. The van der Waals surface area contributed by atoms with Gasteiger partial charge in [0, 0.05) is 30.2 Å². The van der Waals surface area contributed by atoms with E-state index in [1.165, 1.54) is 22.2 Å². The van der Waals surface area contributed by atoms with Gasteiger partial charge in [-0.05, 0) is 50.3 Å². The monoisotopic (exact) mass is 306 g/mol. The highest BCUT2D eigenvalue weighted by molar-refractivity contribution is 7.89. The third kappa shape index (κ3) is 2.85. The minimum absolute atomic E-state index is 0.198. The van der Waals surface area contributed by atoms with E-state index >= 15 is 0 Å². The van der Waals surface area contributed by atoms with Crippen molar-refractivity contribution in [2.24, 2.45) is 0 Å². The normalized spacial score (nSPS) is 18.4. The smallest absolute Gasteiger partial charge is 0.213 e. The number of H-pyrrole nitrogens is 1. The lowest BCUT2D eigenvalue weighted by Crippen LogP contribution is -2.38. The minimum atomic E-state index is -3.03. The molecule has 114 valence electrons. The van der Waals surface area contributed by atoms with Crippen molar-refractivity contribution in [3.63, 3.8) is 0 Å². The molecule has 1 aromatic carbocycles. The predicted octanol–water partition coefficient (Wildman–Crippen LogP) is 3.01. The number of rotatable bonds is 3. The van der Waals surface area contributed by atoms with E-state index in [0.717, 1.165) is 12.8 Å². The lowest BCUT2D eigenvalue weighted by Gasteiger charge is -2.30. The summed E-state index contributed by atoms with van der Waals surface area (Å²) in [6, 6.07) is 8.63. The van der Waals surface area contributed by atoms with Crippen LogP contribution in [-0.4, -0.2) is 36.5 Å². The molecule has 0 radical (unpaired) electrons. The summed E-state index contributed by atoms with van der Waals surface area (Å²) in [4.78, 5) is 3.49.